The quantitative estimate of drug-likeness (QED) is 0.554. The topological polar surface area (TPSA) is 71.1 Å². The summed E-state index contributed by atoms with van der Waals surface area (Å²) in [6.45, 7) is 0. The molecule has 0 bridgehead atoms. The molecule has 0 saturated heterocycles. The maximum absolute atomic E-state index is 13.7. The highest BCUT2D eigenvalue weighted by Crippen LogP contribution is 2.38. The van der Waals surface area contributed by atoms with E-state index in [-0.39, 0.29) is 11.4 Å². The number of nitrogens with one attached hydrogen (secondary N) is 2. The predicted octanol–water partition coefficient (Wildman–Crippen LogP) is 4.98. The number of hydrogen-bond donors (Lipinski definition) is 2. The smallest absolute Gasteiger partial charge is 0.340 e. The standard InChI is InChI=1S/C21H12ClF4N3O2/c22-14-4-2-1-3-13(14)17-16-15(5-6-27-18(16)20(31)29-17)28-19(30)10-7-11(21(24,25)26)9-12(23)8-10/h1-9,17H,(H,29,31)(H,27,28,30). The Labute approximate surface area is 178 Å². The van der Waals surface area contributed by atoms with Crippen molar-refractivity contribution in [2.75, 3.05) is 5.32 Å². The Bertz CT molecular complexity index is 1210. The fourth-order valence-electron chi connectivity index (χ4n) is 3.35. The van der Waals surface area contributed by atoms with Gasteiger partial charge in [0.25, 0.3) is 11.8 Å². The van der Waals surface area contributed by atoms with Gasteiger partial charge in [-0.05, 0) is 35.9 Å². The third-order valence-electron chi connectivity index (χ3n) is 4.72. The molecule has 1 aliphatic heterocycles. The fourth-order valence-corrected chi connectivity index (χ4v) is 3.59. The van der Waals surface area contributed by atoms with Crippen molar-refractivity contribution in [3.8, 4) is 0 Å². The summed E-state index contributed by atoms with van der Waals surface area (Å²) in [5.41, 5.74) is -0.784. The lowest BCUT2D eigenvalue weighted by molar-refractivity contribution is -0.137. The number of nitrogens with zero attached hydrogens (tertiary/aromatic N) is 1. The van der Waals surface area contributed by atoms with Crippen molar-refractivity contribution in [1.82, 2.24) is 10.3 Å². The summed E-state index contributed by atoms with van der Waals surface area (Å²) in [7, 11) is 0. The summed E-state index contributed by atoms with van der Waals surface area (Å²) >= 11 is 6.24. The minimum atomic E-state index is -4.82. The van der Waals surface area contributed by atoms with Gasteiger partial charge in [-0.1, -0.05) is 29.8 Å². The van der Waals surface area contributed by atoms with Crippen LogP contribution in [-0.2, 0) is 6.18 Å². The van der Waals surface area contributed by atoms with Crippen LogP contribution in [-0.4, -0.2) is 16.8 Å². The van der Waals surface area contributed by atoms with Crippen LogP contribution in [0.15, 0.2) is 54.7 Å². The monoisotopic (exact) mass is 449 g/mol. The summed E-state index contributed by atoms with van der Waals surface area (Å²) in [5.74, 6) is -2.68. The maximum Gasteiger partial charge on any atom is 0.416 e. The Hall–Kier alpha value is -3.46. The third kappa shape index (κ3) is 3.96. The second-order valence-electron chi connectivity index (χ2n) is 6.73. The Morgan fingerprint density at radius 3 is 2.58 bits per heavy atom. The number of carbonyl (C=O) groups excluding carboxylic acids is 2. The van der Waals surface area contributed by atoms with Crippen LogP contribution in [0.25, 0.3) is 0 Å². The number of fused-ring (bicyclic) bond motifs is 1. The molecular weight excluding hydrogens is 438 g/mol. The Morgan fingerprint density at radius 2 is 1.87 bits per heavy atom. The van der Waals surface area contributed by atoms with E-state index in [1.54, 1.807) is 24.3 Å². The maximum atomic E-state index is 13.7. The van der Waals surface area contributed by atoms with Crippen molar-refractivity contribution >= 4 is 29.1 Å². The molecule has 0 radical (unpaired) electrons. The van der Waals surface area contributed by atoms with Crippen LogP contribution in [0.3, 0.4) is 0 Å². The number of benzene rings is 2. The van der Waals surface area contributed by atoms with Gasteiger partial charge in [0, 0.05) is 22.3 Å². The van der Waals surface area contributed by atoms with Gasteiger partial charge in [0.15, 0.2) is 0 Å². The molecule has 0 fully saturated rings. The first-order valence-corrected chi connectivity index (χ1v) is 9.26. The van der Waals surface area contributed by atoms with Gasteiger partial charge in [-0.15, -0.1) is 0 Å². The van der Waals surface area contributed by atoms with Gasteiger partial charge < -0.3 is 10.6 Å². The van der Waals surface area contributed by atoms with E-state index in [1.807, 2.05) is 0 Å². The molecule has 2 amide bonds. The highest BCUT2D eigenvalue weighted by molar-refractivity contribution is 6.31. The van der Waals surface area contributed by atoms with E-state index in [9.17, 15) is 27.2 Å². The molecule has 31 heavy (non-hydrogen) atoms. The lowest BCUT2D eigenvalue weighted by atomic mass is 9.99. The number of rotatable bonds is 3. The van der Waals surface area contributed by atoms with Gasteiger partial charge in [-0.25, -0.2) is 4.39 Å². The number of alkyl halides is 3. The zero-order valence-corrected chi connectivity index (χ0v) is 16.2. The first kappa shape index (κ1) is 20.8. The van der Waals surface area contributed by atoms with Crippen LogP contribution in [0.4, 0.5) is 23.2 Å². The Kier molecular flexibility index (Phi) is 5.14. The Morgan fingerprint density at radius 1 is 1.13 bits per heavy atom. The van der Waals surface area contributed by atoms with Crippen molar-refractivity contribution in [2.24, 2.45) is 0 Å². The molecule has 1 aromatic heterocycles. The molecule has 2 aromatic carbocycles. The lowest BCUT2D eigenvalue weighted by Gasteiger charge is -2.17. The van der Waals surface area contributed by atoms with E-state index < -0.39 is 41.0 Å². The van der Waals surface area contributed by atoms with E-state index in [1.165, 1.54) is 12.3 Å². The van der Waals surface area contributed by atoms with Gasteiger partial charge in [0.2, 0.25) is 0 Å². The highest BCUT2D eigenvalue weighted by atomic mass is 35.5. The molecule has 0 aliphatic carbocycles. The van der Waals surface area contributed by atoms with Crippen LogP contribution in [0.2, 0.25) is 5.02 Å². The second-order valence-corrected chi connectivity index (χ2v) is 7.14. The molecule has 0 spiro atoms. The Balaban J connectivity index is 1.74. The molecule has 2 N–H and O–H groups in total. The van der Waals surface area contributed by atoms with Crippen LogP contribution in [0, 0.1) is 5.82 Å². The van der Waals surface area contributed by atoms with Crippen molar-refractivity contribution in [2.45, 2.75) is 12.2 Å². The third-order valence-corrected chi connectivity index (χ3v) is 5.07. The average molecular weight is 450 g/mol. The largest absolute Gasteiger partial charge is 0.416 e. The number of aromatic nitrogens is 1. The minimum Gasteiger partial charge on any atom is -0.340 e. The van der Waals surface area contributed by atoms with Crippen LogP contribution < -0.4 is 10.6 Å². The van der Waals surface area contributed by atoms with E-state index in [4.69, 9.17) is 11.6 Å². The minimum absolute atomic E-state index is 0.0398. The zero-order valence-electron chi connectivity index (χ0n) is 15.4. The summed E-state index contributed by atoms with van der Waals surface area (Å²) < 4.78 is 52.6. The number of carbonyl (C=O) groups is 2. The molecule has 1 unspecified atom stereocenters. The zero-order chi connectivity index (χ0) is 22.3. The summed E-state index contributed by atoms with van der Waals surface area (Å²) in [6, 6.07) is 8.93. The molecule has 5 nitrogen and oxygen atoms in total. The van der Waals surface area contributed by atoms with Crippen molar-refractivity contribution < 1.29 is 27.2 Å². The number of anilines is 1. The van der Waals surface area contributed by atoms with E-state index >= 15 is 0 Å². The van der Waals surface area contributed by atoms with E-state index in [0.29, 0.717) is 34.3 Å². The van der Waals surface area contributed by atoms with Crippen molar-refractivity contribution in [3.05, 3.63) is 93.5 Å². The first-order valence-electron chi connectivity index (χ1n) is 8.88. The average Bonchev–Trinajstić information content (AvgIpc) is 3.05. The predicted molar refractivity (Wildman–Crippen MR) is 104 cm³/mol. The van der Waals surface area contributed by atoms with Gasteiger partial charge in [-0.3, -0.25) is 14.6 Å². The van der Waals surface area contributed by atoms with E-state index in [2.05, 4.69) is 15.6 Å². The normalized spacial score (nSPS) is 15.4. The molecular formula is C21H12ClF4N3O2. The number of amides is 2. The summed E-state index contributed by atoms with van der Waals surface area (Å²) in [6.07, 6.45) is -3.55. The molecule has 1 aliphatic rings. The van der Waals surface area contributed by atoms with Gasteiger partial charge in [0.1, 0.15) is 11.5 Å². The molecule has 3 aromatic rings. The van der Waals surface area contributed by atoms with Crippen LogP contribution in [0.1, 0.15) is 43.6 Å². The molecule has 158 valence electrons. The van der Waals surface area contributed by atoms with Gasteiger partial charge in [0.05, 0.1) is 17.3 Å². The molecule has 1 atom stereocenters. The van der Waals surface area contributed by atoms with Gasteiger partial charge >= 0.3 is 6.18 Å². The van der Waals surface area contributed by atoms with E-state index in [0.717, 1.165) is 0 Å². The molecule has 10 heteroatoms. The number of pyridine rings is 1. The molecule has 2 heterocycles. The lowest BCUT2D eigenvalue weighted by Crippen LogP contribution is -2.21. The number of hydrogen-bond acceptors (Lipinski definition) is 3. The second kappa shape index (κ2) is 7.66. The van der Waals surface area contributed by atoms with Crippen molar-refractivity contribution in [3.63, 3.8) is 0 Å². The molecule has 0 saturated carbocycles. The number of halogens is 5. The molecule has 4 rings (SSSR count). The fraction of sp³-hybridized carbons (Fsp3) is 0.0952. The summed E-state index contributed by atoms with van der Waals surface area (Å²) in [5, 5.41) is 5.54. The SMILES string of the molecule is O=C(Nc1ccnc2c1C(c1ccccc1Cl)NC2=O)c1cc(F)cc(C(F)(F)F)c1. The highest BCUT2D eigenvalue weighted by Gasteiger charge is 2.35. The van der Waals surface area contributed by atoms with Crippen molar-refractivity contribution in [1.29, 1.82) is 0 Å². The van der Waals surface area contributed by atoms with Gasteiger partial charge in [-0.2, -0.15) is 13.2 Å². The summed E-state index contributed by atoms with van der Waals surface area (Å²) in [4.78, 5) is 29.0. The van der Waals surface area contributed by atoms with Crippen LogP contribution in [0.5, 0.6) is 0 Å². The van der Waals surface area contributed by atoms with Crippen LogP contribution >= 0.6 is 11.6 Å². The first-order chi connectivity index (χ1) is 14.6.